The number of carbonyl (C=O) groups is 2. The zero-order chi connectivity index (χ0) is 19.4. The van der Waals surface area contributed by atoms with Crippen LogP contribution in [-0.4, -0.2) is 22.2 Å². The second kappa shape index (κ2) is 7.32. The van der Waals surface area contributed by atoms with Crippen molar-refractivity contribution < 1.29 is 19.8 Å². The summed E-state index contributed by atoms with van der Waals surface area (Å²) in [6.45, 7) is 0. The number of fused-ring (bicyclic) bond motifs is 7. The van der Waals surface area contributed by atoms with Gasteiger partial charge in [-0.1, -0.05) is 6.42 Å². The van der Waals surface area contributed by atoms with Gasteiger partial charge in [0.25, 0.3) is 0 Å². The summed E-state index contributed by atoms with van der Waals surface area (Å²) in [6.07, 6.45) is 13.8. The summed E-state index contributed by atoms with van der Waals surface area (Å²) >= 11 is 0. The average Bonchev–Trinajstić information content (AvgIpc) is 2.71. The van der Waals surface area contributed by atoms with Gasteiger partial charge in [-0.3, -0.25) is 9.59 Å². The highest BCUT2D eigenvalue weighted by atomic mass is 16.4. The summed E-state index contributed by atoms with van der Waals surface area (Å²) in [7, 11) is 0. The van der Waals surface area contributed by atoms with Crippen LogP contribution in [0, 0.1) is 59.2 Å². The van der Waals surface area contributed by atoms with Gasteiger partial charge in [0.15, 0.2) is 0 Å². The second-order valence-corrected chi connectivity index (χ2v) is 10.9. The van der Waals surface area contributed by atoms with E-state index < -0.39 is 11.9 Å². The lowest BCUT2D eigenvalue weighted by atomic mass is 9.47. The van der Waals surface area contributed by atoms with Crippen LogP contribution in [0.25, 0.3) is 0 Å². The van der Waals surface area contributed by atoms with Crippen LogP contribution in [0.1, 0.15) is 77.0 Å². The zero-order valence-electron chi connectivity index (χ0n) is 17.0. The maximum atomic E-state index is 11.8. The van der Waals surface area contributed by atoms with E-state index in [1.54, 1.807) is 0 Å². The van der Waals surface area contributed by atoms with E-state index in [4.69, 9.17) is 0 Å². The van der Waals surface area contributed by atoms with Crippen LogP contribution in [0.4, 0.5) is 0 Å². The molecule has 0 amide bonds. The van der Waals surface area contributed by atoms with Crippen molar-refractivity contribution in [2.45, 2.75) is 77.0 Å². The van der Waals surface area contributed by atoms with E-state index in [9.17, 15) is 19.8 Å². The van der Waals surface area contributed by atoms with Gasteiger partial charge in [0.2, 0.25) is 0 Å². The van der Waals surface area contributed by atoms with Crippen LogP contribution in [0.15, 0.2) is 0 Å². The molecule has 0 aromatic rings. The molecule has 0 heterocycles. The first-order valence-electron chi connectivity index (χ1n) is 12.0. The lowest BCUT2D eigenvalue weighted by molar-refractivity contribution is -0.153. The van der Waals surface area contributed by atoms with Gasteiger partial charge >= 0.3 is 11.9 Å². The Balaban J connectivity index is 1.34. The molecule has 0 bridgehead atoms. The van der Waals surface area contributed by atoms with Crippen molar-refractivity contribution in [2.24, 2.45) is 59.2 Å². The Morgan fingerprint density at radius 1 is 0.536 bits per heavy atom. The number of aliphatic carboxylic acids is 2. The zero-order valence-corrected chi connectivity index (χ0v) is 17.0. The van der Waals surface area contributed by atoms with Crippen molar-refractivity contribution in [1.29, 1.82) is 0 Å². The Kier molecular flexibility index (Phi) is 4.95. The molecular formula is C24H36O4. The number of hydrogen-bond acceptors (Lipinski definition) is 2. The number of rotatable bonds is 2. The predicted octanol–water partition coefficient (Wildman–Crippen LogP) is 5.07. The molecule has 0 radical (unpaired) electrons. The molecule has 28 heavy (non-hydrogen) atoms. The lowest BCUT2D eigenvalue weighted by Crippen LogP contribution is -2.51. The number of carboxylic acid groups (broad SMARTS) is 2. The molecule has 2 N–H and O–H groups in total. The van der Waals surface area contributed by atoms with Crippen LogP contribution in [0.2, 0.25) is 0 Å². The van der Waals surface area contributed by atoms with E-state index in [0.29, 0.717) is 17.8 Å². The van der Waals surface area contributed by atoms with E-state index in [2.05, 4.69) is 0 Å². The minimum absolute atomic E-state index is 0.0946. The molecule has 0 saturated heterocycles. The van der Waals surface area contributed by atoms with Crippen LogP contribution >= 0.6 is 0 Å². The molecule has 5 rings (SSSR count). The van der Waals surface area contributed by atoms with Crippen molar-refractivity contribution >= 4 is 11.9 Å². The Morgan fingerprint density at radius 3 is 1.71 bits per heavy atom. The van der Waals surface area contributed by atoms with Crippen molar-refractivity contribution in [1.82, 2.24) is 0 Å². The third kappa shape index (κ3) is 3.01. The fraction of sp³-hybridized carbons (Fsp3) is 0.917. The topological polar surface area (TPSA) is 74.6 Å². The standard InChI is InChI=1S/C24H36O4/c25-23(26)14-5-4-13-6-7-16-18-8-10-19-15(2-1-3-21(19)24(27)28)17(18)9-11-20(16)22(13)12-14/h13-22H,1-12H2,(H,25,26)(H,27,28). The Hall–Kier alpha value is -1.06. The maximum Gasteiger partial charge on any atom is 0.306 e. The molecule has 0 spiro atoms. The van der Waals surface area contributed by atoms with Crippen LogP contribution in [-0.2, 0) is 9.59 Å². The monoisotopic (exact) mass is 388 g/mol. The molecule has 10 atom stereocenters. The fourth-order valence-electron chi connectivity index (χ4n) is 9.09. The fourth-order valence-corrected chi connectivity index (χ4v) is 9.09. The normalized spacial score (nSPS) is 50.4. The molecule has 5 fully saturated rings. The molecule has 5 aliphatic carbocycles. The Bertz CT molecular complexity index is 620. The van der Waals surface area contributed by atoms with Gasteiger partial charge in [-0.05, 0) is 118 Å². The van der Waals surface area contributed by atoms with Gasteiger partial charge in [0, 0.05) is 0 Å². The minimum atomic E-state index is -0.573. The van der Waals surface area contributed by atoms with Crippen molar-refractivity contribution in [3.05, 3.63) is 0 Å². The summed E-state index contributed by atoms with van der Waals surface area (Å²) in [5, 5.41) is 19.3. The predicted molar refractivity (Wildman–Crippen MR) is 106 cm³/mol. The summed E-state index contributed by atoms with van der Waals surface area (Å²) in [4.78, 5) is 23.4. The van der Waals surface area contributed by atoms with Gasteiger partial charge < -0.3 is 10.2 Å². The molecule has 4 nitrogen and oxygen atoms in total. The minimum Gasteiger partial charge on any atom is -0.481 e. The molecule has 0 aliphatic heterocycles. The largest absolute Gasteiger partial charge is 0.481 e. The van der Waals surface area contributed by atoms with Crippen LogP contribution in [0.3, 0.4) is 0 Å². The highest BCUT2D eigenvalue weighted by molar-refractivity contribution is 5.70. The molecule has 0 aromatic carbocycles. The SMILES string of the molecule is O=C(O)C1CCC2CCC3C(CCC4C5CCCC(C(=O)O)C5CCC34)C2C1. The van der Waals surface area contributed by atoms with E-state index in [0.717, 1.165) is 68.1 Å². The van der Waals surface area contributed by atoms with Crippen LogP contribution in [0.5, 0.6) is 0 Å². The number of carboxylic acids is 2. The summed E-state index contributed by atoms with van der Waals surface area (Å²) in [5.74, 6) is 4.23. The third-order valence-electron chi connectivity index (χ3n) is 10.1. The molecule has 10 unspecified atom stereocenters. The lowest BCUT2D eigenvalue weighted by Gasteiger charge is -2.58. The molecule has 5 aliphatic rings. The van der Waals surface area contributed by atoms with Gasteiger partial charge in [-0.25, -0.2) is 0 Å². The summed E-state index contributed by atoms with van der Waals surface area (Å²) in [6, 6.07) is 0. The van der Waals surface area contributed by atoms with Crippen molar-refractivity contribution in [3.8, 4) is 0 Å². The Morgan fingerprint density at radius 2 is 1.07 bits per heavy atom. The molecule has 0 aromatic heterocycles. The first-order valence-corrected chi connectivity index (χ1v) is 12.0. The average molecular weight is 389 g/mol. The van der Waals surface area contributed by atoms with Crippen molar-refractivity contribution in [2.75, 3.05) is 0 Å². The van der Waals surface area contributed by atoms with Crippen LogP contribution < -0.4 is 0 Å². The molecule has 4 heteroatoms. The van der Waals surface area contributed by atoms with E-state index in [1.807, 2.05) is 0 Å². The Labute approximate surface area is 168 Å². The quantitative estimate of drug-likeness (QED) is 0.693. The highest BCUT2D eigenvalue weighted by Crippen LogP contribution is 2.61. The first-order chi connectivity index (χ1) is 13.5. The molecular weight excluding hydrogens is 352 g/mol. The third-order valence-corrected chi connectivity index (χ3v) is 10.1. The smallest absolute Gasteiger partial charge is 0.306 e. The second-order valence-electron chi connectivity index (χ2n) is 10.9. The first kappa shape index (κ1) is 18.9. The maximum absolute atomic E-state index is 11.8. The molecule has 156 valence electrons. The van der Waals surface area contributed by atoms with Gasteiger partial charge in [0.05, 0.1) is 11.8 Å². The van der Waals surface area contributed by atoms with E-state index in [-0.39, 0.29) is 11.8 Å². The number of hydrogen-bond donors (Lipinski definition) is 2. The summed E-state index contributed by atoms with van der Waals surface area (Å²) in [5.41, 5.74) is 0. The van der Waals surface area contributed by atoms with Gasteiger partial charge in [0.1, 0.15) is 0 Å². The van der Waals surface area contributed by atoms with E-state index >= 15 is 0 Å². The highest BCUT2D eigenvalue weighted by Gasteiger charge is 2.54. The summed E-state index contributed by atoms with van der Waals surface area (Å²) < 4.78 is 0. The van der Waals surface area contributed by atoms with Crippen molar-refractivity contribution in [3.63, 3.8) is 0 Å². The molecule has 5 saturated carbocycles. The van der Waals surface area contributed by atoms with Gasteiger partial charge in [-0.2, -0.15) is 0 Å². The van der Waals surface area contributed by atoms with E-state index in [1.165, 1.54) is 38.5 Å². The van der Waals surface area contributed by atoms with Gasteiger partial charge in [-0.15, -0.1) is 0 Å².